The van der Waals surface area contributed by atoms with Crippen LogP contribution in [0.1, 0.15) is 38.6 Å². The molecule has 0 saturated carbocycles. The van der Waals surface area contributed by atoms with E-state index in [1.54, 1.807) is 6.92 Å². The molecule has 5 N–H and O–H groups in total. The molecule has 1 aromatic heterocycles. The molecule has 0 fully saturated rings. The predicted molar refractivity (Wildman–Crippen MR) is 78.6 cm³/mol. The third kappa shape index (κ3) is 2.61. The number of amides is 2. The van der Waals surface area contributed by atoms with Gasteiger partial charge in [0.05, 0.1) is 11.7 Å². The summed E-state index contributed by atoms with van der Waals surface area (Å²) in [5, 5.41) is 14.8. The Morgan fingerprint density at radius 3 is 2.82 bits per heavy atom. The number of hydrogen-bond acceptors (Lipinski definition) is 5. The summed E-state index contributed by atoms with van der Waals surface area (Å²) >= 11 is 0. The van der Waals surface area contributed by atoms with E-state index in [2.05, 4.69) is 15.6 Å². The minimum absolute atomic E-state index is 0.00471. The Morgan fingerprint density at radius 2 is 2.27 bits per heavy atom. The second-order valence-electron chi connectivity index (χ2n) is 5.48. The Labute approximate surface area is 126 Å². The lowest BCUT2D eigenvalue weighted by molar-refractivity contribution is -0.141. The molecule has 2 rings (SSSR count). The van der Waals surface area contributed by atoms with Gasteiger partial charge in [0, 0.05) is 13.0 Å². The minimum Gasteiger partial charge on any atom is -0.480 e. The molecule has 1 aromatic rings. The van der Waals surface area contributed by atoms with E-state index in [0.717, 1.165) is 11.0 Å². The minimum atomic E-state index is -1.16. The lowest BCUT2D eigenvalue weighted by Gasteiger charge is -2.23. The van der Waals surface area contributed by atoms with Crippen LogP contribution < -0.4 is 21.9 Å². The van der Waals surface area contributed by atoms with Crippen LogP contribution in [0.15, 0.2) is 11.0 Å². The lowest BCUT2D eigenvalue weighted by atomic mass is 9.97. The quantitative estimate of drug-likeness (QED) is 0.602. The molecule has 9 nitrogen and oxygen atoms in total. The smallest absolute Gasteiger partial charge is 0.326 e. The van der Waals surface area contributed by atoms with Crippen molar-refractivity contribution in [2.24, 2.45) is 5.73 Å². The predicted octanol–water partition coefficient (Wildman–Crippen LogP) is -0.0219. The second-order valence-corrected chi connectivity index (χ2v) is 5.48. The number of carbonyl (C=O) groups excluding carboxylic acids is 1. The summed E-state index contributed by atoms with van der Waals surface area (Å²) in [7, 11) is 0. The number of urea groups is 1. The normalized spacial score (nSPS) is 22.9. The molecule has 0 saturated heterocycles. The zero-order valence-corrected chi connectivity index (χ0v) is 12.4. The van der Waals surface area contributed by atoms with Gasteiger partial charge in [-0.2, -0.15) is 0 Å². The van der Waals surface area contributed by atoms with Crippen LogP contribution in [0.3, 0.4) is 0 Å². The Morgan fingerprint density at radius 1 is 1.59 bits per heavy atom. The molecule has 0 aromatic carbocycles. The highest BCUT2D eigenvalue weighted by Gasteiger charge is 2.46. The molecule has 22 heavy (non-hydrogen) atoms. The number of nitrogens with one attached hydrogen (secondary N) is 2. The van der Waals surface area contributed by atoms with Crippen molar-refractivity contribution in [1.82, 2.24) is 14.9 Å². The number of aromatic nitrogens is 2. The SMILES string of the molecule is CCCNc1cnc2n(c1=O)[C@@H](C(=O)O)C[C@]2(C)NC(N)=O. The summed E-state index contributed by atoms with van der Waals surface area (Å²) in [5.41, 5.74) is 3.81. The van der Waals surface area contributed by atoms with E-state index in [1.165, 1.54) is 6.20 Å². The van der Waals surface area contributed by atoms with Gasteiger partial charge in [-0.15, -0.1) is 0 Å². The van der Waals surface area contributed by atoms with Gasteiger partial charge in [-0.05, 0) is 13.3 Å². The molecule has 2 heterocycles. The molecular weight excluding hydrogens is 290 g/mol. The van der Waals surface area contributed by atoms with Crippen molar-refractivity contribution in [3.63, 3.8) is 0 Å². The number of carboxylic acids is 1. The maximum absolute atomic E-state index is 12.5. The first-order valence-electron chi connectivity index (χ1n) is 6.96. The van der Waals surface area contributed by atoms with E-state index >= 15 is 0 Å². The number of aliphatic carboxylic acids is 1. The maximum Gasteiger partial charge on any atom is 0.326 e. The highest BCUT2D eigenvalue weighted by Crippen LogP contribution is 2.37. The highest BCUT2D eigenvalue weighted by molar-refractivity contribution is 5.75. The Kier molecular flexibility index (Phi) is 4.07. The van der Waals surface area contributed by atoms with E-state index in [-0.39, 0.29) is 17.9 Å². The van der Waals surface area contributed by atoms with Crippen LogP contribution in [0.5, 0.6) is 0 Å². The van der Waals surface area contributed by atoms with E-state index in [9.17, 15) is 19.5 Å². The molecule has 2 amide bonds. The van der Waals surface area contributed by atoms with Crippen LogP contribution in [0, 0.1) is 0 Å². The molecule has 2 atom stereocenters. The van der Waals surface area contributed by atoms with Crippen molar-refractivity contribution in [3.05, 3.63) is 22.4 Å². The second kappa shape index (κ2) is 5.66. The average molecular weight is 309 g/mol. The van der Waals surface area contributed by atoms with Crippen LogP contribution >= 0.6 is 0 Å². The van der Waals surface area contributed by atoms with E-state index in [4.69, 9.17) is 5.73 Å². The fourth-order valence-corrected chi connectivity index (χ4v) is 2.69. The Bertz CT molecular complexity index is 671. The number of nitrogens with zero attached hydrogens (tertiary/aromatic N) is 2. The summed E-state index contributed by atoms with van der Waals surface area (Å²) in [6, 6.07) is -1.90. The molecule has 1 aliphatic heterocycles. The molecule has 0 bridgehead atoms. The van der Waals surface area contributed by atoms with Crippen LogP contribution in [-0.2, 0) is 10.3 Å². The number of carbonyl (C=O) groups is 2. The fraction of sp³-hybridized carbons (Fsp3) is 0.538. The third-order valence-electron chi connectivity index (χ3n) is 3.65. The standard InChI is InChI=1S/C13H19N5O4/c1-3-4-15-7-6-16-11-13(2,17-12(14)22)5-8(10(20)21)18(11)9(7)19/h6,8,15H,3-5H2,1-2H3,(H,20,21)(H3,14,17,22)/t8-,13+/m1/s1. The van der Waals surface area contributed by atoms with E-state index < -0.39 is 29.1 Å². The number of fused-ring (bicyclic) bond motifs is 1. The Hall–Kier alpha value is -2.58. The van der Waals surface area contributed by atoms with E-state index in [1.807, 2.05) is 6.92 Å². The lowest BCUT2D eigenvalue weighted by Crippen LogP contribution is -2.46. The summed E-state index contributed by atoms with van der Waals surface area (Å²) in [4.78, 5) is 39.3. The molecule has 9 heteroatoms. The zero-order chi connectivity index (χ0) is 16.5. The van der Waals surface area contributed by atoms with Crippen molar-refractivity contribution < 1.29 is 14.7 Å². The van der Waals surface area contributed by atoms with Crippen LogP contribution in [0.2, 0.25) is 0 Å². The van der Waals surface area contributed by atoms with Crippen molar-refractivity contribution in [3.8, 4) is 0 Å². The van der Waals surface area contributed by atoms with Gasteiger partial charge in [0.1, 0.15) is 17.6 Å². The first kappa shape index (κ1) is 15.8. The van der Waals surface area contributed by atoms with Crippen molar-refractivity contribution in [2.75, 3.05) is 11.9 Å². The summed E-state index contributed by atoms with van der Waals surface area (Å²) in [6.45, 7) is 4.11. The van der Waals surface area contributed by atoms with Gasteiger partial charge in [-0.25, -0.2) is 14.6 Å². The molecular formula is C13H19N5O4. The van der Waals surface area contributed by atoms with Gasteiger partial charge >= 0.3 is 12.0 Å². The van der Waals surface area contributed by atoms with Gasteiger partial charge in [-0.1, -0.05) is 6.92 Å². The van der Waals surface area contributed by atoms with Gasteiger partial charge in [0.2, 0.25) is 0 Å². The van der Waals surface area contributed by atoms with Gasteiger partial charge in [-0.3, -0.25) is 9.36 Å². The van der Waals surface area contributed by atoms with Crippen molar-refractivity contribution in [1.29, 1.82) is 0 Å². The first-order chi connectivity index (χ1) is 10.3. The maximum atomic E-state index is 12.5. The fourth-order valence-electron chi connectivity index (χ4n) is 2.69. The average Bonchev–Trinajstić information content (AvgIpc) is 2.71. The monoisotopic (exact) mass is 309 g/mol. The number of primary amides is 1. The van der Waals surface area contributed by atoms with Crippen molar-refractivity contribution in [2.45, 2.75) is 38.3 Å². The van der Waals surface area contributed by atoms with Gasteiger partial charge < -0.3 is 21.5 Å². The largest absolute Gasteiger partial charge is 0.480 e. The number of rotatable bonds is 5. The molecule has 120 valence electrons. The number of carboxylic acid groups (broad SMARTS) is 1. The number of anilines is 1. The third-order valence-corrected chi connectivity index (χ3v) is 3.65. The van der Waals surface area contributed by atoms with Gasteiger partial charge in [0.25, 0.3) is 5.56 Å². The van der Waals surface area contributed by atoms with Crippen molar-refractivity contribution >= 4 is 17.7 Å². The summed E-state index contributed by atoms with van der Waals surface area (Å²) in [6.07, 6.45) is 2.17. The molecule has 1 aliphatic rings. The Balaban J connectivity index is 2.55. The first-order valence-corrected chi connectivity index (χ1v) is 6.96. The molecule has 0 unspecified atom stereocenters. The van der Waals surface area contributed by atoms with Crippen LogP contribution in [0.25, 0.3) is 0 Å². The van der Waals surface area contributed by atoms with Crippen LogP contribution in [0.4, 0.5) is 10.5 Å². The summed E-state index contributed by atoms with van der Waals surface area (Å²) in [5.74, 6) is -0.974. The van der Waals surface area contributed by atoms with Crippen LogP contribution in [-0.4, -0.2) is 33.2 Å². The van der Waals surface area contributed by atoms with Gasteiger partial charge in [0.15, 0.2) is 0 Å². The van der Waals surface area contributed by atoms with E-state index in [0.29, 0.717) is 6.54 Å². The number of nitrogens with two attached hydrogens (primary N) is 1. The number of hydrogen-bond donors (Lipinski definition) is 4. The molecule has 0 aliphatic carbocycles. The summed E-state index contributed by atoms with van der Waals surface area (Å²) < 4.78 is 1.11. The topological polar surface area (TPSA) is 139 Å². The molecule has 0 spiro atoms. The molecule has 0 radical (unpaired) electrons. The highest BCUT2D eigenvalue weighted by atomic mass is 16.4. The zero-order valence-electron chi connectivity index (χ0n) is 12.4.